The molecule has 2 aromatic rings. The average Bonchev–Trinajstić information content (AvgIpc) is 2.94. The molecule has 1 aromatic heterocycles. The van der Waals surface area contributed by atoms with Crippen molar-refractivity contribution >= 4 is 5.91 Å². The van der Waals surface area contributed by atoms with Gasteiger partial charge in [0.1, 0.15) is 18.9 Å². The zero-order valence-electron chi connectivity index (χ0n) is 12.4. The smallest absolute Gasteiger partial charge is 0.435 e. The van der Waals surface area contributed by atoms with Gasteiger partial charge in [-0.05, 0) is 25.1 Å². The summed E-state index contributed by atoms with van der Waals surface area (Å²) in [6.07, 6.45) is -3.39. The van der Waals surface area contributed by atoms with E-state index in [-0.39, 0.29) is 19.7 Å². The first-order valence-corrected chi connectivity index (χ1v) is 6.91. The van der Waals surface area contributed by atoms with Crippen LogP contribution in [0.3, 0.4) is 0 Å². The number of halogens is 3. The highest BCUT2D eigenvalue weighted by Crippen LogP contribution is 2.27. The fourth-order valence-corrected chi connectivity index (χ4v) is 1.80. The van der Waals surface area contributed by atoms with E-state index >= 15 is 0 Å². The molecule has 5 nitrogen and oxygen atoms in total. The molecule has 1 amide bonds. The summed E-state index contributed by atoms with van der Waals surface area (Å²) in [6.45, 7) is 2.20. The predicted molar refractivity (Wildman–Crippen MR) is 76.9 cm³/mol. The molecule has 0 radical (unpaired) electrons. The van der Waals surface area contributed by atoms with E-state index in [2.05, 4.69) is 10.4 Å². The van der Waals surface area contributed by atoms with E-state index in [1.807, 2.05) is 31.2 Å². The highest BCUT2D eigenvalue weighted by Gasteiger charge is 2.33. The first-order chi connectivity index (χ1) is 10.8. The van der Waals surface area contributed by atoms with Gasteiger partial charge in [0, 0.05) is 6.20 Å². The number of hydrogen-bond acceptors (Lipinski definition) is 3. The first-order valence-electron chi connectivity index (χ1n) is 6.91. The maximum absolute atomic E-state index is 12.4. The molecule has 8 heteroatoms. The number of hydrogen-bond donors (Lipinski definition) is 1. The van der Waals surface area contributed by atoms with E-state index in [4.69, 9.17) is 4.74 Å². The first kappa shape index (κ1) is 16.9. The molecular formula is C15H16F3N3O2. The number of nitrogens with zero attached hydrogens (tertiary/aromatic N) is 2. The monoisotopic (exact) mass is 327 g/mol. The van der Waals surface area contributed by atoms with E-state index < -0.39 is 17.8 Å². The normalized spacial score (nSPS) is 11.3. The van der Waals surface area contributed by atoms with Crippen LogP contribution in [0.15, 0.2) is 36.5 Å². The summed E-state index contributed by atoms with van der Waals surface area (Å²) in [6, 6.07) is 8.28. The number of aromatic nitrogens is 2. The molecule has 0 aliphatic heterocycles. The van der Waals surface area contributed by atoms with Gasteiger partial charge in [0.15, 0.2) is 5.69 Å². The number of amides is 1. The van der Waals surface area contributed by atoms with Crippen LogP contribution in [0.25, 0.3) is 0 Å². The Morgan fingerprint density at radius 2 is 1.96 bits per heavy atom. The van der Waals surface area contributed by atoms with E-state index in [0.29, 0.717) is 5.75 Å². The summed E-state index contributed by atoms with van der Waals surface area (Å²) in [7, 11) is 0. The highest BCUT2D eigenvalue weighted by molar-refractivity contribution is 5.75. The van der Waals surface area contributed by atoms with Gasteiger partial charge in [-0.3, -0.25) is 9.48 Å². The number of nitrogens with one attached hydrogen (secondary N) is 1. The molecule has 0 bridgehead atoms. The number of ether oxygens (including phenoxy) is 1. The Morgan fingerprint density at radius 1 is 1.26 bits per heavy atom. The Balaban J connectivity index is 1.71. The van der Waals surface area contributed by atoms with Crippen molar-refractivity contribution in [2.75, 3.05) is 13.2 Å². The van der Waals surface area contributed by atoms with Gasteiger partial charge in [0.2, 0.25) is 5.91 Å². The lowest BCUT2D eigenvalue weighted by atomic mass is 10.2. The van der Waals surface area contributed by atoms with Gasteiger partial charge in [0.05, 0.1) is 6.54 Å². The third kappa shape index (κ3) is 5.32. The molecule has 0 fully saturated rings. The molecule has 0 saturated heterocycles. The number of benzene rings is 1. The van der Waals surface area contributed by atoms with Crippen LogP contribution in [0.2, 0.25) is 0 Å². The van der Waals surface area contributed by atoms with E-state index in [0.717, 1.165) is 22.5 Å². The Kier molecular flexibility index (Phi) is 5.25. The summed E-state index contributed by atoms with van der Waals surface area (Å²) >= 11 is 0. The molecule has 1 aromatic carbocycles. The van der Waals surface area contributed by atoms with E-state index in [1.54, 1.807) is 0 Å². The minimum Gasteiger partial charge on any atom is -0.492 e. The molecule has 0 atom stereocenters. The van der Waals surface area contributed by atoms with Gasteiger partial charge < -0.3 is 10.1 Å². The zero-order valence-corrected chi connectivity index (χ0v) is 12.4. The molecule has 124 valence electrons. The molecule has 0 saturated carbocycles. The maximum atomic E-state index is 12.4. The molecule has 2 rings (SSSR count). The minimum absolute atomic E-state index is 0.250. The molecule has 0 aliphatic carbocycles. The molecule has 0 unspecified atom stereocenters. The molecule has 23 heavy (non-hydrogen) atoms. The van der Waals surface area contributed by atoms with Crippen molar-refractivity contribution in [1.29, 1.82) is 0 Å². The third-order valence-electron chi connectivity index (χ3n) is 2.95. The Labute approximate surface area is 131 Å². The predicted octanol–water partition coefficient (Wildman–Crippen LogP) is 2.41. The van der Waals surface area contributed by atoms with E-state index in [9.17, 15) is 18.0 Å². The highest BCUT2D eigenvalue weighted by atomic mass is 19.4. The van der Waals surface area contributed by atoms with Crippen LogP contribution in [-0.4, -0.2) is 28.8 Å². The lowest BCUT2D eigenvalue weighted by molar-refractivity contribution is -0.141. The number of carbonyl (C=O) groups excluding carboxylic acids is 1. The van der Waals surface area contributed by atoms with Gasteiger partial charge in [-0.25, -0.2) is 0 Å². The second-order valence-electron chi connectivity index (χ2n) is 4.91. The van der Waals surface area contributed by atoms with Crippen molar-refractivity contribution in [1.82, 2.24) is 15.1 Å². The van der Waals surface area contributed by atoms with Crippen LogP contribution >= 0.6 is 0 Å². The van der Waals surface area contributed by atoms with Crippen LogP contribution in [0, 0.1) is 6.92 Å². The van der Waals surface area contributed by atoms with Crippen molar-refractivity contribution < 1.29 is 22.7 Å². The van der Waals surface area contributed by atoms with Crippen LogP contribution in [0.5, 0.6) is 5.75 Å². The van der Waals surface area contributed by atoms with Crippen molar-refractivity contribution in [3.63, 3.8) is 0 Å². The number of aryl methyl sites for hydroxylation is 1. The summed E-state index contributed by atoms with van der Waals surface area (Å²) in [4.78, 5) is 11.6. The second-order valence-corrected chi connectivity index (χ2v) is 4.91. The van der Waals surface area contributed by atoms with Crippen LogP contribution in [0.1, 0.15) is 11.3 Å². The fraction of sp³-hybridized carbons (Fsp3) is 0.333. The lowest BCUT2D eigenvalue weighted by Crippen LogP contribution is -2.31. The quantitative estimate of drug-likeness (QED) is 0.829. The van der Waals surface area contributed by atoms with Gasteiger partial charge >= 0.3 is 6.18 Å². The third-order valence-corrected chi connectivity index (χ3v) is 2.95. The average molecular weight is 327 g/mol. The summed E-state index contributed by atoms with van der Waals surface area (Å²) < 4.78 is 43.5. The Morgan fingerprint density at radius 3 is 2.57 bits per heavy atom. The van der Waals surface area contributed by atoms with E-state index in [1.165, 1.54) is 0 Å². The van der Waals surface area contributed by atoms with Crippen LogP contribution in [0.4, 0.5) is 13.2 Å². The maximum Gasteiger partial charge on any atom is 0.435 e. The zero-order chi connectivity index (χ0) is 16.9. The van der Waals surface area contributed by atoms with Crippen molar-refractivity contribution in [2.24, 2.45) is 0 Å². The second kappa shape index (κ2) is 7.17. The topological polar surface area (TPSA) is 56.1 Å². The van der Waals surface area contributed by atoms with Gasteiger partial charge in [-0.1, -0.05) is 17.7 Å². The Hall–Kier alpha value is -2.51. The van der Waals surface area contributed by atoms with Gasteiger partial charge in [0.25, 0.3) is 0 Å². The standard InChI is InChI=1S/C15H16F3N3O2/c1-11-2-4-12(5-3-11)23-9-7-19-14(22)10-21-8-6-13(20-21)15(16,17)18/h2-6,8H,7,9-10H2,1H3,(H,19,22). The van der Waals surface area contributed by atoms with Crippen molar-refractivity contribution in [3.05, 3.63) is 47.8 Å². The molecule has 0 spiro atoms. The summed E-state index contributed by atoms with van der Waals surface area (Å²) in [5.41, 5.74) is 0.0936. The minimum atomic E-state index is -4.51. The summed E-state index contributed by atoms with van der Waals surface area (Å²) in [5.74, 6) is 0.251. The van der Waals surface area contributed by atoms with Gasteiger partial charge in [-0.2, -0.15) is 18.3 Å². The van der Waals surface area contributed by atoms with Gasteiger partial charge in [-0.15, -0.1) is 0 Å². The summed E-state index contributed by atoms with van der Waals surface area (Å²) in [5, 5.41) is 5.86. The van der Waals surface area contributed by atoms with Crippen LogP contribution in [-0.2, 0) is 17.5 Å². The van der Waals surface area contributed by atoms with Crippen molar-refractivity contribution in [2.45, 2.75) is 19.6 Å². The largest absolute Gasteiger partial charge is 0.492 e. The fourth-order valence-electron chi connectivity index (χ4n) is 1.80. The molecule has 0 aliphatic rings. The molecular weight excluding hydrogens is 311 g/mol. The number of rotatable bonds is 6. The Bertz CT molecular complexity index is 651. The number of alkyl halides is 3. The molecule has 1 N–H and O–H groups in total. The lowest BCUT2D eigenvalue weighted by Gasteiger charge is -2.08. The molecule has 1 heterocycles. The van der Waals surface area contributed by atoms with Crippen LogP contribution < -0.4 is 10.1 Å². The number of carbonyl (C=O) groups is 1. The van der Waals surface area contributed by atoms with Crippen molar-refractivity contribution in [3.8, 4) is 5.75 Å². The SMILES string of the molecule is Cc1ccc(OCCNC(=O)Cn2ccc(C(F)(F)F)n2)cc1.